The maximum absolute atomic E-state index is 5.63. The summed E-state index contributed by atoms with van der Waals surface area (Å²) < 4.78 is 5.63. The molecule has 1 atom stereocenters. The van der Waals surface area contributed by atoms with Crippen LogP contribution in [0.1, 0.15) is 44.2 Å². The molecule has 1 rings (SSSR count). The highest BCUT2D eigenvalue weighted by Gasteiger charge is 2.09. The Labute approximate surface area is 110 Å². The molecular weight excluding hydrogens is 224 g/mol. The molecule has 0 spiro atoms. The van der Waals surface area contributed by atoms with Crippen LogP contribution >= 0.6 is 0 Å². The van der Waals surface area contributed by atoms with Crippen LogP contribution in [0.5, 0.6) is 5.75 Å². The van der Waals surface area contributed by atoms with Gasteiger partial charge in [0.25, 0.3) is 0 Å². The number of hydrogen-bond acceptors (Lipinski definition) is 3. The van der Waals surface area contributed by atoms with Crippen LogP contribution < -0.4 is 16.0 Å². The Morgan fingerprint density at radius 2 is 2.33 bits per heavy atom. The monoisotopic (exact) mass is 248 g/mol. The smallest absolute Gasteiger partial charge is 0.119 e. The summed E-state index contributed by atoms with van der Waals surface area (Å²) in [6, 6.07) is 8.31. The fourth-order valence-corrected chi connectivity index (χ4v) is 1.85. The molecule has 0 fully saturated rings. The molecule has 0 heterocycles. The minimum Gasteiger partial charge on any atom is -0.494 e. The van der Waals surface area contributed by atoms with Crippen molar-refractivity contribution in [3.05, 3.63) is 42.5 Å². The first-order chi connectivity index (χ1) is 8.81. The third kappa shape index (κ3) is 4.90. The topological polar surface area (TPSA) is 47.3 Å². The van der Waals surface area contributed by atoms with E-state index in [4.69, 9.17) is 10.6 Å². The van der Waals surface area contributed by atoms with Gasteiger partial charge in [0.05, 0.1) is 6.61 Å². The predicted molar refractivity (Wildman–Crippen MR) is 76.3 cm³/mol. The standard InChI is InChI=1S/C15H24N2O/c1-3-5-6-10-15(17-16)13-8-7-9-14(12-13)18-11-4-2/h3,7-9,12,15,17H,1,4-6,10-11,16H2,2H3. The second-order valence-electron chi connectivity index (χ2n) is 4.36. The van der Waals surface area contributed by atoms with Crippen molar-refractivity contribution < 1.29 is 4.74 Å². The number of rotatable bonds is 9. The van der Waals surface area contributed by atoms with Crippen molar-refractivity contribution in [1.29, 1.82) is 0 Å². The molecule has 0 saturated heterocycles. The quantitative estimate of drug-likeness (QED) is 0.305. The number of hydrogen-bond donors (Lipinski definition) is 2. The van der Waals surface area contributed by atoms with Gasteiger partial charge in [0.2, 0.25) is 0 Å². The Balaban J connectivity index is 2.63. The minimum absolute atomic E-state index is 0.176. The molecule has 3 N–H and O–H groups in total. The number of unbranched alkanes of at least 4 members (excludes halogenated alkanes) is 1. The van der Waals surface area contributed by atoms with Gasteiger partial charge in [-0.25, -0.2) is 0 Å². The van der Waals surface area contributed by atoms with E-state index in [9.17, 15) is 0 Å². The molecule has 0 aliphatic heterocycles. The van der Waals surface area contributed by atoms with E-state index in [-0.39, 0.29) is 6.04 Å². The average molecular weight is 248 g/mol. The molecule has 0 amide bonds. The Kier molecular flexibility index (Phi) is 7.14. The van der Waals surface area contributed by atoms with E-state index in [0.717, 1.165) is 38.0 Å². The Morgan fingerprint density at radius 3 is 3.00 bits per heavy atom. The summed E-state index contributed by atoms with van der Waals surface area (Å²) in [6.45, 7) is 6.58. The zero-order valence-corrected chi connectivity index (χ0v) is 11.2. The van der Waals surface area contributed by atoms with Gasteiger partial charge in [0, 0.05) is 6.04 Å². The van der Waals surface area contributed by atoms with E-state index in [1.54, 1.807) is 0 Å². The van der Waals surface area contributed by atoms with Gasteiger partial charge in [-0.3, -0.25) is 11.3 Å². The van der Waals surface area contributed by atoms with Gasteiger partial charge in [-0.15, -0.1) is 6.58 Å². The van der Waals surface area contributed by atoms with Crippen LogP contribution in [0.4, 0.5) is 0 Å². The molecule has 0 aliphatic carbocycles. The number of nitrogens with two attached hydrogens (primary N) is 1. The molecule has 0 radical (unpaired) electrons. The second-order valence-corrected chi connectivity index (χ2v) is 4.36. The average Bonchev–Trinajstić information content (AvgIpc) is 2.42. The van der Waals surface area contributed by atoms with Crippen molar-refractivity contribution in [3.8, 4) is 5.75 Å². The van der Waals surface area contributed by atoms with E-state index in [1.807, 2.05) is 18.2 Å². The third-order valence-corrected chi connectivity index (χ3v) is 2.84. The third-order valence-electron chi connectivity index (χ3n) is 2.84. The highest BCUT2D eigenvalue weighted by molar-refractivity contribution is 5.30. The molecule has 1 aromatic rings. The summed E-state index contributed by atoms with van der Waals surface area (Å²) in [7, 11) is 0. The fraction of sp³-hybridized carbons (Fsp3) is 0.467. The van der Waals surface area contributed by atoms with E-state index >= 15 is 0 Å². The SMILES string of the molecule is C=CCCCC(NN)c1cccc(OCCC)c1. The van der Waals surface area contributed by atoms with E-state index in [1.165, 1.54) is 5.56 Å². The molecule has 3 nitrogen and oxygen atoms in total. The maximum atomic E-state index is 5.63. The highest BCUT2D eigenvalue weighted by Crippen LogP contribution is 2.23. The van der Waals surface area contributed by atoms with Crippen LogP contribution in [0, 0.1) is 0 Å². The van der Waals surface area contributed by atoms with Crippen molar-refractivity contribution in [3.63, 3.8) is 0 Å². The Morgan fingerprint density at radius 1 is 1.50 bits per heavy atom. The predicted octanol–water partition coefficient (Wildman–Crippen LogP) is 3.34. The summed E-state index contributed by atoms with van der Waals surface area (Å²) in [4.78, 5) is 0. The summed E-state index contributed by atoms with van der Waals surface area (Å²) in [5.41, 5.74) is 4.05. The number of nitrogens with one attached hydrogen (secondary N) is 1. The number of benzene rings is 1. The van der Waals surface area contributed by atoms with Crippen LogP contribution in [0.3, 0.4) is 0 Å². The molecule has 1 unspecified atom stereocenters. The normalized spacial score (nSPS) is 12.1. The Bertz CT molecular complexity index is 352. The molecule has 0 aromatic heterocycles. The van der Waals surface area contributed by atoms with Crippen LogP contribution in [0.2, 0.25) is 0 Å². The first-order valence-corrected chi connectivity index (χ1v) is 6.61. The minimum atomic E-state index is 0.176. The molecule has 3 heteroatoms. The number of allylic oxidation sites excluding steroid dienone is 1. The van der Waals surface area contributed by atoms with Crippen molar-refractivity contribution in [2.75, 3.05) is 6.61 Å². The highest BCUT2D eigenvalue weighted by atomic mass is 16.5. The van der Waals surface area contributed by atoms with Gasteiger partial charge in [0.15, 0.2) is 0 Å². The van der Waals surface area contributed by atoms with Crippen LogP contribution in [0.15, 0.2) is 36.9 Å². The van der Waals surface area contributed by atoms with E-state index in [0.29, 0.717) is 0 Å². The fourth-order valence-electron chi connectivity index (χ4n) is 1.85. The van der Waals surface area contributed by atoms with Crippen molar-refractivity contribution in [1.82, 2.24) is 5.43 Å². The van der Waals surface area contributed by atoms with Gasteiger partial charge < -0.3 is 4.74 Å². The number of ether oxygens (including phenoxy) is 1. The maximum Gasteiger partial charge on any atom is 0.119 e. The largest absolute Gasteiger partial charge is 0.494 e. The first-order valence-electron chi connectivity index (χ1n) is 6.61. The van der Waals surface area contributed by atoms with E-state index < -0.39 is 0 Å². The Hall–Kier alpha value is -1.32. The lowest BCUT2D eigenvalue weighted by atomic mass is 10.0. The molecule has 0 bridgehead atoms. The van der Waals surface area contributed by atoms with Gasteiger partial charge >= 0.3 is 0 Å². The molecule has 0 saturated carbocycles. The zero-order chi connectivity index (χ0) is 13.2. The van der Waals surface area contributed by atoms with Gasteiger partial charge in [0.1, 0.15) is 5.75 Å². The van der Waals surface area contributed by atoms with Gasteiger partial charge in [-0.05, 0) is 43.4 Å². The van der Waals surface area contributed by atoms with E-state index in [2.05, 4.69) is 31.1 Å². The lowest BCUT2D eigenvalue weighted by Gasteiger charge is -2.17. The zero-order valence-electron chi connectivity index (χ0n) is 11.2. The summed E-state index contributed by atoms with van der Waals surface area (Å²) in [6.07, 6.45) is 6.05. The van der Waals surface area contributed by atoms with Gasteiger partial charge in [-0.2, -0.15) is 0 Å². The molecular formula is C15H24N2O. The molecule has 1 aromatic carbocycles. The van der Waals surface area contributed by atoms with Crippen LogP contribution in [0.25, 0.3) is 0 Å². The molecule has 100 valence electrons. The van der Waals surface area contributed by atoms with Crippen LogP contribution in [-0.2, 0) is 0 Å². The summed E-state index contributed by atoms with van der Waals surface area (Å²) >= 11 is 0. The van der Waals surface area contributed by atoms with Crippen molar-refractivity contribution >= 4 is 0 Å². The molecule has 18 heavy (non-hydrogen) atoms. The lowest BCUT2D eigenvalue weighted by molar-refractivity contribution is 0.316. The van der Waals surface area contributed by atoms with Gasteiger partial charge in [-0.1, -0.05) is 25.1 Å². The summed E-state index contributed by atoms with van der Waals surface area (Å²) in [5.74, 6) is 6.54. The van der Waals surface area contributed by atoms with Crippen LogP contribution in [-0.4, -0.2) is 6.61 Å². The summed E-state index contributed by atoms with van der Waals surface area (Å²) in [5, 5.41) is 0. The first kappa shape index (κ1) is 14.7. The lowest BCUT2D eigenvalue weighted by Crippen LogP contribution is -2.27. The second kappa shape index (κ2) is 8.72. The number of hydrazine groups is 1. The molecule has 0 aliphatic rings. The van der Waals surface area contributed by atoms with Crippen molar-refractivity contribution in [2.45, 2.75) is 38.6 Å². The van der Waals surface area contributed by atoms with Crippen molar-refractivity contribution in [2.24, 2.45) is 5.84 Å².